The largest absolute Gasteiger partial charge is 0.370 e. The molecule has 0 unspecified atom stereocenters. The van der Waals surface area contributed by atoms with Crippen LogP contribution in [0.1, 0.15) is 15.9 Å². The van der Waals surface area contributed by atoms with E-state index in [9.17, 15) is 4.79 Å². The van der Waals surface area contributed by atoms with Crippen molar-refractivity contribution >= 4 is 35.6 Å². The van der Waals surface area contributed by atoms with E-state index in [0.717, 1.165) is 18.7 Å². The number of carbonyl (C=O) groups is 1. The number of nitrogens with one attached hydrogen (secondary N) is 2. The smallest absolute Gasteiger partial charge is 0.254 e. The van der Waals surface area contributed by atoms with E-state index in [-0.39, 0.29) is 5.91 Å². The summed E-state index contributed by atoms with van der Waals surface area (Å²) in [5.41, 5.74) is 2.84. The van der Waals surface area contributed by atoms with Crippen molar-refractivity contribution in [2.75, 3.05) is 29.5 Å². The van der Waals surface area contributed by atoms with Gasteiger partial charge in [0.1, 0.15) is 4.64 Å². The molecule has 3 rings (SSSR count). The number of hydrogen-bond acceptors (Lipinski definition) is 4. The summed E-state index contributed by atoms with van der Waals surface area (Å²) < 4.78 is 0.461. The lowest BCUT2D eigenvalue weighted by Gasteiger charge is -2.28. The number of thioether (sulfide) groups is 1. The summed E-state index contributed by atoms with van der Waals surface area (Å²) >= 11 is 7.13. The topological polar surface area (TPSA) is 48.1 Å². The van der Waals surface area contributed by atoms with Crippen LogP contribution in [-0.2, 0) is 6.54 Å². The molecule has 0 bridgehead atoms. The Hall–Kier alpha value is -1.79. The van der Waals surface area contributed by atoms with Gasteiger partial charge in [0.25, 0.3) is 5.91 Å². The fraction of sp³-hybridized carbons (Fsp3) is 0.294. The van der Waals surface area contributed by atoms with Crippen LogP contribution in [0.3, 0.4) is 0 Å². The number of carbonyl (C=O) groups excluding carboxylic acids is 1. The Bertz CT molecular complexity index is 721. The first kappa shape index (κ1) is 16.1. The van der Waals surface area contributed by atoms with Crippen LogP contribution >= 0.6 is 24.0 Å². The molecular formula is C17H19N3OS2. The molecule has 0 saturated carbocycles. The van der Waals surface area contributed by atoms with Crippen LogP contribution in [0.5, 0.6) is 0 Å². The van der Waals surface area contributed by atoms with Crippen LogP contribution in [0.4, 0.5) is 5.69 Å². The van der Waals surface area contributed by atoms with Crippen molar-refractivity contribution in [3.8, 4) is 0 Å². The van der Waals surface area contributed by atoms with Gasteiger partial charge < -0.3 is 15.2 Å². The molecule has 1 amide bonds. The Morgan fingerprint density at radius 1 is 1.22 bits per heavy atom. The van der Waals surface area contributed by atoms with Crippen LogP contribution in [0.15, 0.2) is 42.6 Å². The normalized spacial score (nSPS) is 14.5. The standard InChI is InChI=1S/C17H19N3OS2/c21-16(15-2-1-7-18-17(15)22)19-12-13-3-5-14(6-4-13)20-8-10-23-11-9-20/h1-7H,8-12H2,(H,18,22)(H,19,21). The van der Waals surface area contributed by atoms with E-state index in [4.69, 9.17) is 12.2 Å². The zero-order chi connectivity index (χ0) is 16.1. The fourth-order valence-electron chi connectivity index (χ4n) is 2.52. The molecule has 0 atom stereocenters. The minimum Gasteiger partial charge on any atom is -0.370 e. The number of H-pyrrole nitrogens is 1. The van der Waals surface area contributed by atoms with Crippen LogP contribution < -0.4 is 10.2 Å². The second kappa shape index (κ2) is 7.66. The maximum absolute atomic E-state index is 12.1. The third-order valence-electron chi connectivity index (χ3n) is 3.83. The Kier molecular flexibility index (Phi) is 5.35. The van der Waals surface area contributed by atoms with Crippen LogP contribution in [-0.4, -0.2) is 35.5 Å². The van der Waals surface area contributed by atoms with Crippen molar-refractivity contribution in [2.24, 2.45) is 0 Å². The minimum absolute atomic E-state index is 0.149. The molecule has 1 aliphatic rings. The molecule has 120 valence electrons. The average molecular weight is 345 g/mol. The van der Waals surface area contributed by atoms with Crippen LogP contribution in [0.2, 0.25) is 0 Å². The van der Waals surface area contributed by atoms with Crippen molar-refractivity contribution in [2.45, 2.75) is 6.54 Å². The van der Waals surface area contributed by atoms with E-state index >= 15 is 0 Å². The molecule has 2 heterocycles. The van der Waals surface area contributed by atoms with Crippen molar-refractivity contribution in [1.29, 1.82) is 0 Å². The Labute approximate surface area is 145 Å². The average Bonchev–Trinajstić information content (AvgIpc) is 2.61. The molecule has 1 fully saturated rings. The number of pyridine rings is 1. The van der Waals surface area contributed by atoms with E-state index in [2.05, 4.69) is 39.5 Å². The Balaban J connectivity index is 1.59. The van der Waals surface area contributed by atoms with E-state index in [1.165, 1.54) is 17.2 Å². The molecule has 0 radical (unpaired) electrons. The SMILES string of the molecule is O=C(NCc1ccc(N2CCSCC2)cc1)c1ccc[nH]c1=S. The van der Waals surface area contributed by atoms with Crippen LogP contribution in [0.25, 0.3) is 0 Å². The van der Waals surface area contributed by atoms with Crippen molar-refractivity contribution in [3.05, 3.63) is 58.4 Å². The number of hydrogen-bond donors (Lipinski definition) is 2. The molecule has 1 aromatic carbocycles. The first-order chi connectivity index (χ1) is 11.2. The molecule has 0 spiro atoms. The van der Waals surface area contributed by atoms with E-state index in [1.54, 1.807) is 18.3 Å². The molecule has 2 N–H and O–H groups in total. The highest BCUT2D eigenvalue weighted by Crippen LogP contribution is 2.19. The van der Waals surface area contributed by atoms with Gasteiger partial charge in [-0.3, -0.25) is 4.79 Å². The maximum atomic E-state index is 12.1. The molecule has 1 aromatic heterocycles. The summed E-state index contributed by atoms with van der Waals surface area (Å²) in [6, 6.07) is 11.9. The lowest BCUT2D eigenvalue weighted by Crippen LogP contribution is -2.32. The predicted molar refractivity (Wildman–Crippen MR) is 98.8 cm³/mol. The molecule has 4 nitrogen and oxygen atoms in total. The Morgan fingerprint density at radius 2 is 1.96 bits per heavy atom. The third-order valence-corrected chi connectivity index (χ3v) is 5.11. The molecule has 1 aliphatic heterocycles. The maximum Gasteiger partial charge on any atom is 0.254 e. The van der Waals surface area contributed by atoms with Gasteiger partial charge in [0.15, 0.2) is 0 Å². The molecular weight excluding hydrogens is 326 g/mol. The van der Waals surface area contributed by atoms with Crippen molar-refractivity contribution in [3.63, 3.8) is 0 Å². The lowest BCUT2D eigenvalue weighted by molar-refractivity contribution is 0.0950. The number of rotatable bonds is 4. The summed E-state index contributed by atoms with van der Waals surface area (Å²) in [4.78, 5) is 17.4. The summed E-state index contributed by atoms with van der Waals surface area (Å²) in [5.74, 6) is 2.23. The highest BCUT2D eigenvalue weighted by molar-refractivity contribution is 7.99. The van der Waals surface area contributed by atoms with Crippen LogP contribution in [0, 0.1) is 4.64 Å². The summed E-state index contributed by atoms with van der Waals surface area (Å²) in [5, 5.41) is 2.91. The number of aromatic nitrogens is 1. The van der Waals surface area contributed by atoms with Gasteiger partial charge in [-0.05, 0) is 29.8 Å². The summed E-state index contributed by atoms with van der Waals surface area (Å²) in [7, 11) is 0. The van der Waals surface area contributed by atoms with Crippen molar-refractivity contribution in [1.82, 2.24) is 10.3 Å². The number of nitrogens with zero attached hydrogens (tertiary/aromatic N) is 1. The quantitative estimate of drug-likeness (QED) is 0.836. The highest BCUT2D eigenvalue weighted by Gasteiger charge is 2.11. The Morgan fingerprint density at radius 3 is 2.65 bits per heavy atom. The van der Waals surface area contributed by atoms with E-state index in [1.807, 2.05) is 11.8 Å². The molecule has 0 aliphatic carbocycles. The van der Waals surface area contributed by atoms with Gasteiger partial charge in [0.05, 0.1) is 5.56 Å². The summed E-state index contributed by atoms with van der Waals surface area (Å²) in [6.45, 7) is 2.71. The molecule has 23 heavy (non-hydrogen) atoms. The second-order valence-corrected chi connectivity index (χ2v) is 6.99. The van der Waals surface area contributed by atoms with Crippen molar-refractivity contribution < 1.29 is 4.79 Å². The minimum atomic E-state index is -0.149. The zero-order valence-electron chi connectivity index (χ0n) is 12.7. The van der Waals surface area contributed by atoms with Gasteiger partial charge in [-0.25, -0.2) is 0 Å². The van der Waals surface area contributed by atoms with Gasteiger partial charge in [-0.2, -0.15) is 11.8 Å². The summed E-state index contributed by atoms with van der Waals surface area (Å²) in [6.07, 6.45) is 1.72. The lowest BCUT2D eigenvalue weighted by atomic mass is 10.2. The number of benzene rings is 1. The number of aromatic amines is 1. The second-order valence-electron chi connectivity index (χ2n) is 5.36. The molecule has 6 heteroatoms. The highest BCUT2D eigenvalue weighted by atomic mass is 32.2. The van der Waals surface area contributed by atoms with Gasteiger partial charge in [-0.15, -0.1) is 0 Å². The monoisotopic (exact) mass is 345 g/mol. The van der Waals surface area contributed by atoms with E-state index in [0.29, 0.717) is 16.7 Å². The first-order valence-corrected chi connectivity index (χ1v) is 9.18. The number of amides is 1. The van der Waals surface area contributed by atoms with Gasteiger partial charge in [0.2, 0.25) is 0 Å². The number of anilines is 1. The van der Waals surface area contributed by atoms with E-state index < -0.39 is 0 Å². The van der Waals surface area contributed by atoms with Gasteiger partial charge >= 0.3 is 0 Å². The molecule has 2 aromatic rings. The first-order valence-electron chi connectivity index (χ1n) is 7.61. The molecule has 1 saturated heterocycles. The zero-order valence-corrected chi connectivity index (χ0v) is 14.4. The predicted octanol–water partition coefficient (Wildman–Crippen LogP) is 3.23. The van der Waals surface area contributed by atoms with Gasteiger partial charge in [0, 0.05) is 43.0 Å². The third kappa shape index (κ3) is 4.14. The van der Waals surface area contributed by atoms with Gasteiger partial charge in [-0.1, -0.05) is 24.4 Å². The fourth-order valence-corrected chi connectivity index (χ4v) is 3.66.